The minimum absolute atomic E-state index is 0.000957. The summed E-state index contributed by atoms with van der Waals surface area (Å²) in [5.41, 5.74) is 0.907. The highest BCUT2D eigenvalue weighted by atomic mass is 79.9. The van der Waals surface area contributed by atoms with Gasteiger partial charge in [0.1, 0.15) is 5.75 Å². The first-order valence-electron chi connectivity index (χ1n) is 7.25. The van der Waals surface area contributed by atoms with Gasteiger partial charge < -0.3 is 15.2 Å². The Morgan fingerprint density at radius 2 is 2.00 bits per heavy atom. The number of carbonyl (C=O) groups is 2. The highest BCUT2D eigenvalue weighted by Gasteiger charge is 2.11. The number of carboxylic acid groups (broad SMARTS) is 1. The van der Waals surface area contributed by atoms with Crippen molar-refractivity contribution in [3.05, 3.63) is 40.4 Å². The lowest BCUT2D eigenvalue weighted by Gasteiger charge is -2.13. The molecule has 0 saturated heterocycles. The average molecular weight is 380 g/mol. The van der Waals surface area contributed by atoms with Crippen molar-refractivity contribution < 1.29 is 19.4 Å². The molecule has 0 atom stereocenters. The van der Waals surface area contributed by atoms with E-state index in [1.54, 1.807) is 7.11 Å². The molecule has 1 amide bonds. The van der Waals surface area contributed by atoms with Gasteiger partial charge in [-0.05, 0) is 35.4 Å². The fourth-order valence-corrected chi connectivity index (χ4v) is 2.77. The van der Waals surface area contributed by atoms with Gasteiger partial charge in [-0.3, -0.25) is 9.59 Å². The number of carboxylic acids is 1. The molecule has 0 bridgehead atoms. The topological polar surface area (TPSA) is 75.6 Å². The monoisotopic (exact) mass is 379 g/mol. The molecule has 0 unspecified atom stereocenters. The van der Waals surface area contributed by atoms with E-state index >= 15 is 0 Å². The molecule has 2 rings (SSSR count). The normalized spacial score (nSPS) is 10.5. The number of fused-ring (bicyclic) bond motifs is 1. The summed E-state index contributed by atoms with van der Waals surface area (Å²) in [6.07, 6.45) is 0.532. The van der Waals surface area contributed by atoms with Gasteiger partial charge in [-0.25, -0.2) is 0 Å². The predicted octanol–water partition coefficient (Wildman–Crippen LogP) is 3.48. The molecule has 0 aliphatic carbocycles. The van der Waals surface area contributed by atoms with Crippen LogP contribution in [0.1, 0.15) is 24.8 Å². The van der Waals surface area contributed by atoms with Crippen molar-refractivity contribution in [2.45, 2.75) is 25.8 Å². The van der Waals surface area contributed by atoms with Crippen molar-refractivity contribution >= 4 is 38.6 Å². The van der Waals surface area contributed by atoms with Gasteiger partial charge in [0.15, 0.2) is 0 Å². The minimum Gasteiger partial charge on any atom is -0.496 e. The number of ether oxygens (including phenoxy) is 1. The summed E-state index contributed by atoms with van der Waals surface area (Å²) in [5, 5.41) is 13.5. The first kappa shape index (κ1) is 17.3. The van der Waals surface area contributed by atoms with Crippen LogP contribution in [0.3, 0.4) is 0 Å². The lowest BCUT2D eigenvalue weighted by Crippen LogP contribution is -2.23. The van der Waals surface area contributed by atoms with E-state index in [4.69, 9.17) is 9.84 Å². The van der Waals surface area contributed by atoms with Crippen LogP contribution in [0.4, 0.5) is 0 Å². The summed E-state index contributed by atoms with van der Waals surface area (Å²) in [6.45, 7) is 0.341. The van der Waals surface area contributed by atoms with E-state index in [1.807, 2.05) is 30.3 Å². The summed E-state index contributed by atoms with van der Waals surface area (Å²) in [4.78, 5) is 22.3. The number of rotatable bonds is 7. The Hall–Kier alpha value is -2.08. The van der Waals surface area contributed by atoms with E-state index in [9.17, 15) is 9.59 Å². The number of benzene rings is 2. The van der Waals surface area contributed by atoms with Gasteiger partial charge in [0, 0.05) is 29.4 Å². The second kappa shape index (κ2) is 7.97. The molecule has 23 heavy (non-hydrogen) atoms. The van der Waals surface area contributed by atoms with Crippen molar-refractivity contribution in [3.63, 3.8) is 0 Å². The van der Waals surface area contributed by atoms with Crippen LogP contribution in [0.25, 0.3) is 10.8 Å². The molecule has 2 N–H and O–H groups in total. The SMILES string of the molecule is COc1ccc2cc(Br)ccc2c1CNC(=O)CCCC(=O)O. The van der Waals surface area contributed by atoms with Crippen LogP contribution in [0.2, 0.25) is 0 Å². The van der Waals surface area contributed by atoms with Gasteiger partial charge >= 0.3 is 5.97 Å². The number of nitrogens with one attached hydrogen (secondary N) is 1. The number of methoxy groups -OCH3 is 1. The summed E-state index contributed by atoms with van der Waals surface area (Å²) in [6, 6.07) is 9.78. The first-order chi connectivity index (χ1) is 11.0. The number of carbonyl (C=O) groups excluding carboxylic acids is 1. The van der Waals surface area contributed by atoms with E-state index in [-0.39, 0.29) is 18.7 Å². The molecule has 0 aliphatic rings. The minimum atomic E-state index is -0.890. The van der Waals surface area contributed by atoms with E-state index < -0.39 is 5.97 Å². The molecule has 0 radical (unpaired) electrons. The summed E-state index contributed by atoms with van der Waals surface area (Å²) >= 11 is 3.45. The van der Waals surface area contributed by atoms with Crippen LogP contribution in [-0.2, 0) is 16.1 Å². The Morgan fingerprint density at radius 3 is 2.70 bits per heavy atom. The Kier molecular flexibility index (Phi) is 5.98. The van der Waals surface area contributed by atoms with Crippen molar-refractivity contribution in [3.8, 4) is 5.75 Å². The molecular formula is C17H18BrNO4. The van der Waals surface area contributed by atoms with Crippen LogP contribution < -0.4 is 10.1 Å². The van der Waals surface area contributed by atoms with Gasteiger partial charge in [0.2, 0.25) is 5.91 Å². The van der Waals surface area contributed by atoms with Crippen molar-refractivity contribution in [2.24, 2.45) is 0 Å². The van der Waals surface area contributed by atoms with E-state index in [0.717, 1.165) is 20.8 Å². The standard InChI is InChI=1S/C17H18BrNO4/c1-23-15-8-5-11-9-12(18)6-7-13(11)14(15)10-19-16(20)3-2-4-17(21)22/h5-9H,2-4,10H2,1H3,(H,19,20)(H,21,22). The maximum Gasteiger partial charge on any atom is 0.303 e. The van der Waals surface area contributed by atoms with E-state index in [1.165, 1.54) is 0 Å². The van der Waals surface area contributed by atoms with Crippen molar-refractivity contribution in [2.75, 3.05) is 7.11 Å². The second-order valence-corrected chi connectivity index (χ2v) is 6.05. The maximum atomic E-state index is 11.8. The van der Waals surface area contributed by atoms with Crippen LogP contribution in [0.5, 0.6) is 5.75 Å². The molecule has 0 aromatic heterocycles. The molecule has 5 nitrogen and oxygen atoms in total. The van der Waals surface area contributed by atoms with Gasteiger partial charge in [-0.2, -0.15) is 0 Å². The van der Waals surface area contributed by atoms with E-state index in [2.05, 4.69) is 21.2 Å². The van der Waals surface area contributed by atoms with Crippen LogP contribution >= 0.6 is 15.9 Å². The Bertz CT molecular complexity index is 730. The predicted molar refractivity (Wildman–Crippen MR) is 91.5 cm³/mol. The van der Waals surface area contributed by atoms with Gasteiger partial charge in [0.25, 0.3) is 0 Å². The number of aliphatic carboxylic acids is 1. The van der Waals surface area contributed by atoms with Crippen LogP contribution in [0.15, 0.2) is 34.8 Å². The number of hydrogen-bond acceptors (Lipinski definition) is 3. The molecule has 2 aromatic rings. The highest BCUT2D eigenvalue weighted by molar-refractivity contribution is 9.10. The molecule has 2 aromatic carbocycles. The molecule has 0 spiro atoms. The van der Waals surface area contributed by atoms with Gasteiger partial charge in [0.05, 0.1) is 7.11 Å². The average Bonchev–Trinajstić information content (AvgIpc) is 2.51. The Labute approximate surface area is 142 Å². The summed E-state index contributed by atoms with van der Waals surface area (Å²) in [7, 11) is 1.60. The van der Waals surface area contributed by atoms with Crippen LogP contribution in [0, 0.1) is 0 Å². The van der Waals surface area contributed by atoms with Crippen molar-refractivity contribution in [1.29, 1.82) is 0 Å². The molecule has 6 heteroatoms. The van der Waals surface area contributed by atoms with E-state index in [0.29, 0.717) is 18.7 Å². The second-order valence-electron chi connectivity index (χ2n) is 5.14. The molecule has 0 heterocycles. The van der Waals surface area contributed by atoms with Crippen molar-refractivity contribution in [1.82, 2.24) is 5.32 Å². The Morgan fingerprint density at radius 1 is 1.22 bits per heavy atom. The zero-order valence-electron chi connectivity index (χ0n) is 12.8. The Balaban J connectivity index is 2.12. The lowest BCUT2D eigenvalue weighted by molar-refractivity contribution is -0.137. The number of amides is 1. The quantitative estimate of drug-likeness (QED) is 0.771. The zero-order valence-corrected chi connectivity index (χ0v) is 14.4. The number of halogens is 1. The van der Waals surface area contributed by atoms with Crippen LogP contribution in [-0.4, -0.2) is 24.1 Å². The highest BCUT2D eigenvalue weighted by Crippen LogP contribution is 2.29. The zero-order chi connectivity index (χ0) is 16.8. The molecular weight excluding hydrogens is 362 g/mol. The molecule has 0 fully saturated rings. The number of hydrogen-bond donors (Lipinski definition) is 2. The third-order valence-electron chi connectivity index (χ3n) is 3.53. The molecule has 0 saturated carbocycles. The van der Waals surface area contributed by atoms with Gasteiger partial charge in [-0.1, -0.05) is 28.1 Å². The third-order valence-corrected chi connectivity index (χ3v) is 4.02. The molecule has 122 valence electrons. The maximum absolute atomic E-state index is 11.8. The fourth-order valence-electron chi connectivity index (χ4n) is 2.39. The third kappa shape index (κ3) is 4.69. The smallest absolute Gasteiger partial charge is 0.303 e. The lowest BCUT2D eigenvalue weighted by atomic mass is 10.0. The first-order valence-corrected chi connectivity index (χ1v) is 8.04. The largest absolute Gasteiger partial charge is 0.496 e. The van der Waals surface area contributed by atoms with Gasteiger partial charge in [-0.15, -0.1) is 0 Å². The molecule has 0 aliphatic heterocycles. The summed E-state index contributed by atoms with van der Waals surface area (Å²) in [5.74, 6) is -0.341. The summed E-state index contributed by atoms with van der Waals surface area (Å²) < 4.78 is 6.37. The fraction of sp³-hybridized carbons (Fsp3) is 0.294.